The number of ketones is 3. The van der Waals surface area contributed by atoms with E-state index in [9.17, 15) is 14.4 Å². The standard InChI is InChI=1S/2C20H23ClN2O.C19H21ClN2O/c1-14-18(20(24)13-22-9-3-2-4-10-22)12-17-7-5-15-11-16(21)6-8-19(15)23(14)17;1-14-11-17(20(24)13-22-9-3-2-4-10-22)19-7-5-15-12-16(21)6-8-18(15)23(14)19;20-16-5-7-18-14(10-16)4-6-17-11-15(12-22(17)18)19(23)13-21-8-2-1-3-9-21/h2*6,8,11-12H,2-5,7,9-10,13H2,1H3;5,7,10-12H,1-4,6,8-9,13H2. The number of halogens is 3. The maximum atomic E-state index is 12.9. The van der Waals surface area contributed by atoms with E-state index in [1.54, 1.807) is 0 Å². The van der Waals surface area contributed by atoms with Crippen LogP contribution in [-0.4, -0.2) is 105 Å². The van der Waals surface area contributed by atoms with E-state index >= 15 is 0 Å². The molecule has 0 spiro atoms. The van der Waals surface area contributed by atoms with Gasteiger partial charge < -0.3 is 13.7 Å². The number of likely N-dealkylation sites (tertiary alicyclic amines) is 3. The molecule has 0 atom stereocenters. The first-order valence-corrected chi connectivity index (χ1v) is 27.4. The number of rotatable bonds is 9. The zero-order valence-corrected chi connectivity index (χ0v) is 43.8. The highest BCUT2D eigenvalue weighted by Gasteiger charge is 2.28. The van der Waals surface area contributed by atoms with Crippen molar-refractivity contribution < 1.29 is 14.4 Å². The molecule has 0 saturated carbocycles. The average Bonchev–Trinajstić information content (AvgIpc) is 4.08. The Morgan fingerprint density at radius 3 is 1.45 bits per heavy atom. The number of hydrogen-bond donors (Lipinski definition) is 0. The Morgan fingerprint density at radius 1 is 0.451 bits per heavy atom. The van der Waals surface area contributed by atoms with Gasteiger partial charge in [0.2, 0.25) is 0 Å². The number of Topliss-reactive ketones (excluding diaryl/α,β-unsaturated/α-hetero) is 3. The lowest BCUT2D eigenvalue weighted by Crippen LogP contribution is -2.34. The van der Waals surface area contributed by atoms with Gasteiger partial charge in [0.05, 0.1) is 19.6 Å². The number of aromatic nitrogens is 3. The molecule has 6 aliphatic rings. The largest absolute Gasteiger partial charge is 0.320 e. The summed E-state index contributed by atoms with van der Waals surface area (Å²) in [5.41, 5.74) is 15.8. The third-order valence-electron chi connectivity index (χ3n) is 15.7. The molecule has 0 N–H and O–H groups in total. The predicted octanol–water partition coefficient (Wildman–Crippen LogP) is 12.3. The first-order chi connectivity index (χ1) is 34.5. The Hall–Kier alpha value is -4.74. The highest BCUT2D eigenvalue weighted by atomic mass is 35.5. The molecule has 6 aliphatic heterocycles. The van der Waals surface area contributed by atoms with Crippen LogP contribution in [0.4, 0.5) is 0 Å². The van der Waals surface area contributed by atoms with E-state index in [1.807, 2.05) is 30.5 Å². The fourth-order valence-electron chi connectivity index (χ4n) is 12.0. The molecule has 0 bridgehead atoms. The fourth-order valence-corrected chi connectivity index (χ4v) is 12.6. The van der Waals surface area contributed by atoms with Crippen LogP contribution in [0.15, 0.2) is 79.0 Å². The second-order valence-electron chi connectivity index (χ2n) is 20.6. The minimum absolute atomic E-state index is 0.240. The number of nitrogens with zero attached hydrogens (tertiary/aromatic N) is 6. The molecule has 0 radical (unpaired) electrons. The number of piperidine rings is 3. The first-order valence-electron chi connectivity index (χ1n) is 26.2. The Labute approximate surface area is 434 Å². The molecule has 12 heteroatoms. The van der Waals surface area contributed by atoms with Gasteiger partial charge in [0.1, 0.15) is 0 Å². The Balaban J connectivity index is 0.000000123. The van der Waals surface area contributed by atoms with Crippen molar-refractivity contribution in [2.75, 3.05) is 58.9 Å². The summed E-state index contributed by atoms with van der Waals surface area (Å²) in [4.78, 5) is 45.2. The Bertz CT molecular complexity index is 2900. The van der Waals surface area contributed by atoms with Gasteiger partial charge in [-0.1, -0.05) is 54.1 Å². The SMILES string of the molecule is Cc1c(C(=O)CN2CCCCC2)cc2n1-c1ccc(Cl)cc1CC2.Cc1cc(C(=O)CN2CCCCC2)c2n1-c1ccc(Cl)cc1CC2.O=C(CN1CCCCC1)c1cc2n(c1)-c1ccc(Cl)cc1CC2. The van der Waals surface area contributed by atoms with Crippen LogP contribution in [0.3, 0.4) is 0 Å². The minimum atomic E-state index is 0.240. The van der Waals surface area contributed by atoms with Crippen molar-refractivity contribution in [2.24, 2.45) is 0 Å². The quantitative estimate of drug-likeness (QED) is 0.134. The van der Waals surface area contributed by atoms with Crippen molar-refractivity contribution >= 4 is 52.2 Å². The van der Waals surface area contributed by atoms with Gasteiger partial charge in [-0.15, -0.1) is 0 Å². The molecule has 3 aromatic carbocycles. The third kappa shape index (κ3) is 11.1. The zero-order chi connectivity index (χ0) is 49.2. The molecule has 0 unspecified atom stereocenters. The molecule has 0 aliphatic carbocycles. The van der Waals surface area contributed by atoms with Gasteiger partial charge in [0, 0.05) is 83.5 Å². The maximum Gasteiger partial charge on any atom is 0.178 e. The molecule has 9 heterocycles. The van der Waals surface area contributed by atoms with Crippen molar-refractivity contribution in [3.63, 3.8) is 0 Å². The van der Waals surface area contributed by atoms with Gasteiger partial charge in [-0.3, -0.25) is 29.1 Å². The number of carbonyl (C=O) groups is 3. The van der Waals surface area contributed by atoms with Crippen LogP contribution in [-0.2, 0) is 38.5 Å². The fraction of sp³-hybridized carbons (Fsp3) is 0.441. The van der Waals surface area contributed by atoms with Crippen molar-refractivity contribution in [1.29, 1.82) is 0 Å². The highest BCUT2D eigenvalue weighted by Crippen LogP contribution is 2.34. The lowest BCUT2D eigenvalue weighted by molar-refractivity contribution is 0.0907. The van der Waals surface area contributed by atoms with E-state index < -0.39 is 0 Å². The van der Waals surface area contributed by atoms with Crippen molar-refractivity contribution in [1.82, 2.24) is 28.4 Å². The summed E-state index contributed by atoms with van der Waals surface area (Å²) >= 11 is 18.4. The normalized spacial score (nSPS) is 17.5. The van der Waals surface area contributed by atoms with Gasteiger partial charge in [0.15, 0.2) is 17.3 Å². The summed E-state index contributed by atoms with van der Waals surface area (Å²) in [5, 5.41) is 2.34. The number of carbonyl (C=O) groups excluding carboxylic acids is 3. The van der Waals surface area contributed by atoms with E-state index in [2.05, 4.69) is 90.8 Å². The topological polar surface area (TPSA) is 75.7 Å². The van der Waals surface area contributed by atoms with Crippen LogP contribution in [0.2, 0.25) is 15.1 Å². The molecule has 12 rings (SSSR count). The second-order valence-corrected chi connectivity index (χ2v) is 22.0. The summed E-state index contributed by atoms with van der Waals surface area (Å²) in [6.07, 6.45) is 18.9. The van der Waals surface area contributed by atoms with Crippen LogP contribution in [0, 0.1) is 13.8 Å². The molecule has 3 saturated heterocycles. The summed E-state index contributed by atoms with van der Waals surface area (Å²) in [7, 11) is 0. The average molecular weight is 1010 g/mol. The van der Waals surface area contributed by atoms with Crippen molar-refractivity contribution in [3.05, 3.63) is 156 Å². The molecular weight excluding hydrogens is 947 g/mol. The first kappa shape index (κ1) is 49.8. The molecule has 6 aromatic rings. The maximum absolute atomic E-state index is 12.9. The zero-order valence-electron chi connectivity index (χ0n) is 41.5. The second kappa shape index (κ2) is 22.2. The van der Waals surface area contributed by atoms with Crippen LogP contribution in [0.25, 0.3) is 17.1 Å². The monoisotopic (exact) mass is 1010 g/mol. The van der Waals surface area contributed by atoms with E-state index in [1.165, 1.54) is 103 Å². The van der Waals surface area contributed by atoms with Gasteiger partial charge in [-0.25, -0.2) is 0 Å². The molecule has 0 amide bonds. The van der Waals surface area contributed by atoms with Crippen LogP contribution < -0.4 is 0 Å². The Morgan fingerprint density at radius 2 is 0.901 bits per heavy atom. The van der Waals surface area contributed by atoms with Gasteiger partial charge in [-0.05, 0) is 220 Å². The van der Waals surface area contributed by atoms with E-state index in [-0.39, 0.29) is 17.3 Å². The lowest BCUT2D eigenvalue weighted by atomic mass is 9.98. The molecule has 3 fully saturated rings. The molecule has 9 nitrogen and oxygen atoms in total. The third-order valence-corrected chi connectivity index (χ3v) is 16.4. The molecule has 71 heavy (non-hydrogen) atoms. The van der Waals surface area contributed by atoms with Crippen LogP contribution in [0.5, 0.6) is 0 Å². The smallest absolute Gasteiger partial charge is 0.178 e. The molecule has 3 aromatic heterocycles. The summed E-state index contributed by atoms with van der Waals surface area (Å²) in [6, 6.07) is 24.4. The number of hydrogen-bond acceptors (Lipinski definition) is 6. The van der Waals surface area contributed by atoms with Crippen LogP contribution in [0.1, 0.15) is 134 Å². The highest BCUT2D eigenvalue weighted by molar-refractivity contribution is 6.31. The van der Waals surface area contributed by atoms with Gasteiger partial charge in [-0.2, -0.15) is 0 Å². The van der Waals surface area contributed by atoms with Crippen molar-refractivity contribution in [3.8, 4) is 17.1 Å². The summed E-state index contributed by atoms with van der Waals surface area (Å²) in [5.74, 6) is 0.766. The van der Waals surface area contributed by atoms with Gasteiger partial charge in [0.25, 0.3) is 0 Å². The van der Waals surface area contributed by atoms with E-state index in [0.717, 1.165) is 127 Å². The summed E-state index contributed by atoms with van der Waals surface area (Å²) < 4.78 is 6.66. The molecular formula is C59H67Cl3N6O3. The number of aryl methyl sites for hydroxylation is 6. The number of benzene rings is 3. The van der Waals surface area contributed by atoms with E-state index in [0.29, 0.717) is 19.6 Å². The van der Waals surface area contributed by atoms with Crippen LogP contribution >= 0.6 is 34.8 Å². The minimum Gasteiger partial charge on any atom is -0.320 e. The Kier molecular flexibility index (Phi) is 15.6. The molecule has 372 valence electrons. The summed E-state index contributed by atoms with van der Waals surface area (Å²) in [6.45, 7) is 12.2. The lowest BCUT2D eigenvalue weighted by Gasteiger charge is -2.26. The predicted molar refractivity (Wildman–Crippen MR) is 288 cm³/mol. The number of fused-ring (bicyclic) bond motifs is 9. The van der Waals surface area contributed by atoms with E-state index in [4.69, 9.17) is 34.8 Å². The van der Waals surface area contributed by atoms with Crippen molar-refractivity contribution in [2.45, 2.75) is 110 Å². The van der Waals surface area contributed by atoms with Gasteiger partial charge >= 0.3 is 0 Å².